The Kier molecular flexibility index (Phi) is 6.66. The lowest BCUT2D eigenvalue weighted by atomic mass is 10.1. The molecule has 8 heteroatoms. The molecular weight excluding hydrogens is 406 g/mol. The standard InChI is InChI=1S/C21H23N3O3S2/c1-16-19(20(25)23-29(2,26)27)22-21(28-16)24(15-18-11-7-4-8-12-18)14-13-17-9-5-3-6-10-17/h3-12H,13-15H2,1-2H3,(H,23,25). The van der Waals surface area contributed by atoms with Crippen LogP contribution in [0.3, 0.4) is 0 Å². The highest BCUT2D eigenvalue weighted by Gasteiger charge is 2.21. The van der Waals surface area contributed by atoms with Gasteiger partial charge in [-0.1, -0.05) is 60.7 Å². The van der Waals surface area contributed by atoms with Crippen LogP contribution in [0.1, 0.15) is 26.5 Å². The van der Waals surface area contributed by atoms with E-state index < -0.39 is 15.9 Å². The number of hydrogen-bond acceptors (Lipinski definition) is 6. The molecule has 1 heterocycles. The van der Waals surface area contributed by atoms with Gasteiger partial charge in [0, 0.05) is 18.0 Å². The Labute approximate surface area is 175 Å². The summed E-state index contributed by atoms with van der Waals surface area (Å²) in [5.41, 5.74) is 2.50. The van der Waals surface area contributed by atoms with Crippen molar-refractivity contribution >= 4 is 32.4 Å². The van der Waals surface area contributed by atoms with E-state index in [-0.39, 0.29) is 5.69 Å². The minimum atomic E-state index is -3.64. The third kappa shape index (κ3) is 6.13. The summed E-state index contributed by atoms with van der Waals surface area (Å²) < 4.78 is 24.8. The van der Waals surface area contributed by atoms with Gasteiger partial charge in [-0.05, 0) is 24.5 Å². The van der Waals surface area contributed by atoms with Gasteiger partial charge >= 0.3 is 0 Å². The fraction of sp³-hybridized carbons (Fsp3) is 0.238. The van der Waals surface area contributed by atoms with E-state index in [1.165, 1.54) is 16.9 Å². The predicted octanol–water partition coefficient (Wildman–Crippen LogP) is 3.39. The summed E-state index contributed by atoms with van der Waals surface area (Å²) in [6.07, 6.45) is 1.78. The van der Waals surface area contributed by atoms with Crippen LogP contribution in [0.5, 0.6) is 0 Å². The Hall–Kier alpha value is -2.71. The molecule has 0 bridgehead atoms. The van der Waals surface area contributed by atoms with Gasteiger partial charge in [-0.3, -0.25) is 4.79 Å². The van der Waals surface area contributed by atoms with Crippen molar-refractivity contribution in [3.63, 3.8) is 0 Å². The van der Waals surface area contributed by atoms with Gasteiger partial charge in [0.2, 0.25) is 10.0 Å². The summed E-state index contributed by atoms with van der Waals surface area (Å²) in [5, 5.41) is 0.695. The zero-order valence-corrected chi connectivity index (χ0v) is 18.0. The number of aromatic nitrogens is 1. The Morgan fingerprint density at radius 2 is 1.62 bits per heavy atom. The minimum absolute atomic E-state index is 0.146. The van der Waals surface area contributed by atoms with E-state index in [1.807, 2.05) is 53.3 Å². The van der Waals surface area contributed by atoms with Gasteiger partial charge < -0.3 is 4.90 Å². The third-order valence-electron chi connectivity index (χ3n) is 4.28. The van der Waals surface area contributed by atoms with Crippen molar-refractivity contribution in [2.45, 2.75) is 19.9 Å². The van der Waals surface area contributed by atoms with E-state index in [2.05, 4.69) is 22.0 Å². The summed E-state index contributed by atoms with van der Waals surface area (Å²) in [6.45, 7) is 3.14. The lowest BCUT2D eigenvalue weighted by Crippen LogP contribution is -2.30. The summed E-state index contributed by atoms with van der Waals surface area (Å²) in [7, 11) is -3.64. The van der Waals surface area contributed by atoms with Crippen LogP contribution in [0.25, 0.3) is 0 Å². The molecule has 0 saturated carbocycles. The van der Waals surface area contributed by atoms with Crippen LogP contribution < -0.4 is 9.62 Å². The van der Waals surface area contributed by atoms with E-state index in [1.54, 1.807) is 6.92 Å². The van der Waals surface area contributed by atoms with Crippen molar-refractivity contribution in [3.05, 3.63) is 82.4 Å². The number of carbonyl (C=O) groups is 1. The second-order valence-electron chi connectivity index (χ2n) is 6.75. The van der Waals surface area contributed by atoms with Crippen molar-refractivity contribution < 1.29 is 13.2 Å². The molecule has 0 aliphatic carbocycles. The van der Waals surface area contributed by atoms with Gasteiger partial charge in [-0.25, -0.2) is 18.1 Å². The van der Waals surface area contributed by atoms with Crippen molar-refractivity contribution in [1.82, 2.24) is 9.71 Å². The van der Waals surface area contributed by atoms with Gasteiger partial charge in [0.15, 0.2) is 5.13 Å². The molecule has 0 fully saturated rings. The highest BCUT2D eigenvalue weighted by atomic mass is 32.2. The number of rotatable bonds is 8. The number of aryl methyl sites for hydroxylation is 1. The van der Waals surface area contributed by atoms with Gasteiger partial charge in [-0.2, -0.15) is 0 Å². The fourth-order valence-electron chi connectivity index (χ4n) is 2.90. The first-order valence-electron chi connectivity index (χ1n) is 9.14. The molecule has 0 radical (unpaired) electrons. The van der Waals surface area contributed by atoms with E-state index in [0.29, 0.717) is 16.6 Å². The average molecular weight is 430 g/mol. The number of carbonyl (C=O) groups excluding carboxylic acids is 1. The number of nitrogens with zero attached hydrogens (tertiary/aromatic N) is 2. The Morgan fingerprint density at radius 3 is 2.21 bits per heavy atom. The quantitative estimate of drug-likeness (QED) is 0.594. The largest absolute Gasteiger partial charge is 0.343 e. The highest BCUT2D eigenvalue weighted by molar-refractivity contribution is 7.89. The van der Waals surface area contributed by atoms with Gasteiger partial charge in [0.25, 0.3) is 5.91 Å². The van der Waals surface area contributed by atoms with Gasteiger partial charge in [-0.15, -0.1) is 11.3 Å². The number of amides is 1. The smallest absolute Gasteiger partial charge is 0.284 e. The maximum atomic E-state index is 12.3. The molecular formula is C21H23N3O3S2. The predicted molar refractivity (Wildman–Crippen MR) is 117 cm³/mol. The molecule has 3 rings (SSSR count). The molecule has 0 atom stereocenters. The summed E-state index contributed by atoms with van der Waals surface area (Å²) in [4.78, 5) is 19.6. The molecule has 152 valence electrons. The molecule has 0 aliphatic heterocycles. The molecule has 6 nitrogen and oxygen atoms in total. The van der Waals surface area contributed by atoms with Crippen LogP contribution in [0.4, 0.5) is 5.13 Å². The maximum Gasteiger partial charge on any atom is 0.284 e. The van der Waals surface area contributed by atoms with Crippen molar-refractivity contribution in [1.29, 1.82) is 0 Å². The minimum Gasteiger partial charge on any atom is -0.343 e. The van der Waals surface area contributed by atoms with Crippen LogP contribution in [0.15, 0.2) is 60.7 Å². The Bertz CT molecular complexity index is 1070. The molecule has 2 aromatic carbocycles. The normalized spacial score (nSPS) is 11.2. The first kappa shape index (κ1) is 21.0. The van der Waals surface area contributed by atoms with E-state index >= 15 is 0 Å². The highest BCUT2D eigenvalue weighted by Crippen LogP contribution is 2.27. The number of sulfonamides is 1. The average Bonchev–Trinajstić information content (AvgIpc) is 3.07. The molecule has 1 amide bonds. The molecule has 1 N–H and O–H groups in total. The monoisotopic (exact) mass is 429 g/mol. The number of hydrogen-bond donors (Lipinski definition) is 1. The molecule has 29 heavy (non-hydrogen) atoms. The maximum absolute atomic E-state index is 12.3. The van der Waals surface area contributed by atoms with Crippen LogP contribution >= 0.6 is 11.3 Å². The summed E-state index contributed by atoms with van der Waals surface area (Å²) >= 11 is 1.39. The van der Waals surface area contributed by atoms with E-state index in [0.717, 1.165) is 24.8 Å². The number of thiazole rings is 1. The first-order chi connectivity index (χ1) is 13.8. The number of nitrogens with one attached hydrogen (secondary N) is 1. The number of anilines is 1. The summed E-state index contributed by atoms with van der Waals surface area (Å²) in [5.74, 6) is -0.699. The molecule has 0 saturated heterocycles. The van der Waals surface area contributed by atoms with E-state index in [4.69, 9.17) is 0 Å². The SMILES string of the molecule is Cc1sc(N(CCc2ccccc2)Cc2ccccc2)nc1C(=O)NS(C)(=O)=O. The third-order valence-corrected chi connectivity index (χ3v) is 5.87. The molecule has 0 spiro atoms. The van der Waals surface area contributed by atoms with Crippen LogP contribution in [0, 0.1) is 6.92 Å². The number of benzene rings is 2. The second kappa shape index (κ2) is 9.19. The molecule has 1 aromatic heterocycles. The Morgan fingerprint density at radius 1 is 1.03 bits per heavy atom. The van der Waals surface area contributed by atoms with Gasteiger partial charge in [0.1, 0.15) is 5.69 Å². The van der Waals surface area contributed by atoms with Crippen molar-refractivity contribution in [2.75, 3.05) is 17.7 Å². The molecule has 0 unspecified atom stereocenters. The zero-order valence-electron chi connectivity index (χ0n) is 16.3. The molecule has 0 aliphatic rings. The fourth-order valence-corrected chi connectivity index (χ4v) is 4.26. The van der Waals surface area contributed by atoms with Crippen LogP contribution in [0.2, 0.25) is 0 Å². The Balaban J connectivity index is 1.85. The summed E-state index contributed by atoms with van der Waals surface area (Å²) in [6, 6.07) is 20.2. The second-order valence-corrected chi connectivity index (χ2v) is 9.68. The van der Waals surface area contributed by atoms with Crippen molar-refractivity contribution in [2.24, 2.45) is 0 Å². The zero-order chi connectivity index (χ0) is 20.9. The van der Waals surface area contributed by atoms with Crippen LogP contribution in [-0.2, 0) is 23.0 Å². The van der Waals surface area contributed by atoms with Crippen LogP contribution in [-0.4, -0.2) is 32.1 Å². The molecule has 3 aromatic rings. The first-order valence-corrected chi connectivity index (χ1v) is 11.8. The lowest BCUT2D eigenvalue weighted by Gasteiger charge is -2.22. The lowest BCUT2D eigenvalue weighted by molar-refractivity contribution is 0.0977. The van der Waals surface area contributed by atoms with E-state index in [9.17, 15) is 13.2 Å². The topological polar surface area (TPSA) is 79.4 Å². The van der Waals surface area contributed by atoms with Crippen molar-refractivity contribution in [3.8, 4) is 0 Å². The van der Waals surface area contributed by atoms with Gasteiger partial charge in [0.05, 0.1) is 6.26 Å².